The number of nitrogens with zero attached hydrogens (tertiary/aromatic N) is 3. The van der Waals surface area contributed by atoms with E-state index in [9.17, 15) is 4.79 Å². The number of morpholine rings is 1. The predicted octanol–water partition coefficient (Wildman–Crippen LogP) is 4.37. The molecule has 1 N–H and O–H groups in total. The van der Waals surface area contributed by atoms with Crippen LogP contribution in [-0.2, 0) is 22.5 Å². The highest BCUT2D eigenvalue weighted by atomic mass is 32.1. The smallest absolute Gasteiger partial charge is 0.230 e. The van der Waals surface area contributed by atoms with Gasteiger partial charge in [0.15, 0.2) is 0 Å². The molecule has 1 aliphatic heterocycles. The molecule has 5 rings (SSSR count). The summed E-state index contributed by atoms with van der Waals surface area (Å²) in [5, 5.41) is 5.89. The van der Waals surface area contributed by atoms with Gasteiger partial charge in [0.25, 0.3) is 0 Å². The molecular formula is C25H24N4O2S. The highest BCUT2D eigenvalue weighted by molar-refractivity contribution is 7.07. The van der Waals surface area contributed by atoms with Crippen molar-refractivity contribution >= 4 is 33.8 Å². The molecule has 0 aliphatic carbocycles. The van der Waals surface area contributed by atoms with Crippen LogP contribution in [0.1, 0.15) is 11.3 Å². The van der Waals surface area contributed by atoms with Gasteiger partial charge in [-0.25, -0.2) is 9.97 Å². The molecular weight excluding hydrogens is 420 g/mol. The van der Waals surface area contributed by atoms with Gasteiger partial charge >= 0.3 is 0 Å². The van der Waals surface area contributed by atoms with Crippen molar-refractivity contribution in [1.29, 1.82) is 0 Å². The van der Waals surface area contributed by atoms with Crippen LogP contribution < -0.4 is 5.32 Å². The Kier molecular flexibility index (Phi) is 6.20. The molecule has 7 heteroatoms. The first-order valence-electron chi connectivity index (χ1n) is 10.7. The van der Waals surface area contributed by atoms with Gasteiger partial charge in [-0.3, -0.25) is 9.69 Å². The third-order valence-electron chi connectivity index (χ3n) is 5.55. The molecule has 6 nitrogen and oxygen atoms in total. The molecule has 2 aromatic heterocycles. The number of amides is 1. The molecule has 4 aromatic rings. The second-order valence-electron chi connectivity index (χ2n) is 7.87. The Labute approximate surface area is 190 Å². The highest BCUT2D eigenvalue weighted by Gasteiger charge is 2.13. The van der Waals surface area contributed by atoms with Crippen molar-refractivity contribution in [3.05, 3.63) is 76.7 Å². The molecule has 32 heavy (non-hydrogen) atoms. The zero-order valence-electron chi connectivity index (χ0n) is 17.7. The van der Waals surface area contributed by atoms with Crippen LogP contribution in [0.2, 0.25) is 0 Å². The number of carbonyl (C=O) groups excluding carboxylic acids is 1. The van der Waals surface area contributed by atoms with E-state index in [1.54, 1.807) is 5.51 Å². The molecule has 162 valence electrons. The van der Waals surface area contributed by atoms with Crippen molar-refractivity contribution in [3.8, 4) is 11.3 Å². The summed E-state index contributed by atoms with van der Waals surface area (Å²) >= 11 is 1.49. The summed E-state index contributed by atoms with van der Waals surface area (Å²) in [6.07, 6.45) is 0.253. The molecule has 1 fully saturated rings. The summed E-state index contributed by atoms with van der Waals surface area (Å²) in [4.78, 5) is 24.1. The number of anilines is 1. The summed E-state index contributed by atoms with van der Waals surface area (Å²) in [7, 11) is 0. The number of hydrogen-bond acceptors (Lipinski definition) is 6. The second kappa shape index (κ2) is 9.56. The fourth-order valence-electron chi connectivity index (χ4n) is 3.94. The maximum absolute atomic E-state index is 12.5. The van der Waals surface area contributed by atoms with Gasteiger partial charge in [-0.2, -0.15) is 0 Å². The minimum atomic E-state index is -0.0943. The number of para-hydroxylation sites is 1. The molecule has 3 heterocycles. The molecule has 2 aromatic carbocycles. The van der Waals surface area contributed by atoms with E-state index < -0.39 is 0 Å². The van der Waals surface area contributed by atoms with E-state index in [0.29, 0.717) is 5.69 Å². The van der Waals surface area contributed by atoms with E-state index in [-0.39, 0.29) is 12.3 Å². The number of aromatic nitrogens is 2. The molecule has 0 bridgehead atoms. The number of pyridine rings is 1. The lowest BCUT2D eigenvalue weighted by Gasteiger charge is -2.26. The normalized spacial score (nSPS) is 14.5. The van der Waals surface area contributed by atoms with E-state index in [0.717, 1.165) is 60.7 Å². The van der Waals surface area contributed by atoms with Crippen LogP contribution in [0.3, 0.4) is 0 Å². The first-order valence-corrected chi connectivity index (χ1v) is 11.6. The Morgan fingerprint density at radius 3 is 2.81 bits per heavy atom. The molecule has 0 atom stereocenters. The fraction of sp³-hybridized carbons (Fsp3) is 0.240. The van der Waals surface area contributed by atoms with E-state index >= 15 is 0 Å². The Morgan fingerprint density at radius 1 is 1.09 bits per heavy atom. The van der Waals surface area contributed by atoms with Crippen LogP contribution >= 0.6 is 11.3 Å². The summed E-state index contributed by atoms with van der Waals surface area (Å²) in [5.74, 6) is -0.0943. The standard InChI is InChI=1S/C25H24N4O2S/c30-24(14-21-16-32-17-26-21)27-23-6-2-4-19-7-8-22(28-25(19)23)20-5-1-3-18(13-20)15-29-9-11-31-12-10-29/h1-8,13,16-17H,9-12,14-15H2,(H,27,30). The lowest BCUT2D eigenvalue weighted by atomic mass is 10.1. The van der Waals surface area contributed by atoms with E-state index in [1.807, 2.05) is 29.6 Å². The molecule has 1 aliphatic rings. The molecule has 0 radical (unpaired) electrons. The topological polar surface area (TPSA) is 67.4 Å². The van der Waals surface area contributed by atoms with Crippen molar-refractivity contribution in [2.24, 2.45) is 0 Å². The van der Waals surface area contributed by atoms with Crippen LogP contribution in [0.15, 0.2) is 65.5 Å². The Hall–Kier alpha value is -3.13. The van der Waals surface area contributed by atoms with Crippen molar-refractivity contribution < 1.29 is 9.53 Å². The summed E-state index contributed by atoms with van der Waals surface area (Å²) < 4.78 is 5.45. The summed E-state index contributed by atoms with van der Waals surface area (Å²) in [6.45, 7) is 4.42. The van der Waals surface area contributed by atoms with E-state index in [2.05, 4.69) is 45.5 Å². The van der Waals surface area contributed by atoms with Gasteiger partial charge < -0.3 is 10.1 Å². The zero-order chi connectivity index (χ0) is 21.8. The maximum Gasteiger partial charge on any atom is 0.230 e. The maximum atomic E-state index is 12.5. The first kappa shape index (κ1) is 20.8. The number of rotatable bonds is 6. The number of nitrogens with one attached hydrogen (secondary N) is 1. The van der Waals surface area contributed by atoms with Gasteiger partial charge in [0.1, 0.15) is 0 Å². The van der Waals surface area contributed by atoms with Crippen LogP contribution in [-0.4, -0.2) is 47.1 Å². The molecule has 0 spiro atoms. The van der Waals surface area contributed by atoms with Crippen LogP contribution in [0.5, 0.6) is 0 Å². The first-order chi connectivity index (χ1) is 15.7. The zero-order valence-corrected chi connectivity index (χ0v) is 18.5. The van der Waals surface area contributed by atoms with Gasteiger partial charge in [0.2, 0.25) is 5.91 Å². The van der Waals surface area contributed by atoms with Crippen molar-refractivity contribution in [3.63, 3.8) is 0 Å². The van der Waals surface area contributed by atoms with Crippen molar-refractivity contribution in [1.82, 2.24) is 14.9 Å². The number of carbonyl (C=O) groups is 1. The van der Waals surface area contributed by atoms with Crippen molar-refractivity contribution in [2.75, 3.05) is 31.6 Å². The van der Waals surface area contributed by atoms with Crippen LogP contribution in [0.25, 0.3) is 22.2 Å². The number of fused-ring (bicyclic) bond motifs is 1. The number of thiazole rings is 1. The lowest BCUT2D eigenvalue weighted by Crippen LogP contribution is -2.35. The van der Waals surface area contributed by atoms with Gasteiger partial charge in [-0.15, -0.1) is 11.3 Å². The lowest BCUT2D eigenvalue weighted by molar-refractivity contribution is -0.115. The number of hydrogen-bond donors (Lipinski definition) is 1. The number of benzene rings is 2. The van der Waals surface area contributed by atoms with Gasteiger partial charge in [0, 0.05) is 36.0 Å². The summed E-state index contributed by atoms with van der Waals surface area (Å²) in [5.41, 5.74) is 7.24. The van der Waals surface area contributed by atoms with Crippen molar-refractivity contribution in [2.45, 2.75) is 13.0 Å². The van der Waals surface area contributed by atoms with E-state index in [4.69, 9.17) is 9.72 Å². The Morgan fingerprint density at radius 2 is 1.97 bits per heavy atom. The quantitative estimate of drug-likeness (QED) is 0.478. The Bertz CT molecular complexity index is 1220. The largest absolute Gasteiger partial charge is 0.379 e. The average molecular weight is 445 g/mol. The van der Waals surface area contributed by atoms with Gasteiger partial charge in [-0.05, 0) is 23.8 Å². The molecule has 0 saturated carbocycles. The fourth-order valence-corrected chi connectivity index (χ4v) is 4.50. The minimum Gasteiger partial charge on any atom is -0.379 e. The van der Waals surface area contributed by atoms with Gasteiger partial charge in [-0.1, -0.05) is 36.4 Å². The third-order valence-corrected chi connectivity index (χ3v) is 6.19. The Balaban J connectivity index is 1.39. The molecule has 1 saturated heterocycles. The number of ether oxygens (including phenoxy) is 1. The predicted molar refractivity (Wildman–Crippen MR) is 128 cm³/mol. The second-order valence-corrected chi connectivity index (χ2v) is 8.59. The molecule has 1 amide bonds. The average Bonchev–Trinajstić information content (AvgIpc) is 3.33. The molecule has 0 unspecified atom stereocenters. The minimum absolute atomic E-state index is 0.0943. The van der Waals surface area contributed by atoms with Crippen LogP contribution in [0, 0.1) is 0 Å². The van der Waals surface area contributed by atoms with Crippen LogP contribution in [0.4, 0.5) is 5.69 Å². The van der Waals surface area contributed by atoms with Gasteiger partial charge in [0.05, 0.1) is 47.7 Å². The summed E-state index contributed by atoms with van der Waals surface area (Å²) in [6, 6.07) is 18.5. The highest BCUT2D eigenvalue weighted by Crippen LogP contribution is 2.27. The van der Waals surface area contributed by atoms with E-state index in [1.165, 1.54) is 16.9 Å². The third kappa shape index (κ3) is 4.85. The SMILES string of the molecule is O=C(Cc1cscn1)Nc1cccc2ccc(-c3cccc(CN4CCOCC4)c3)nc12. The monoisotopic (exact) mass is 444 g/mol.